The van der Waals surface area contributed by atoms with Crippen LogP contribution in [0.3, 0.4) is 0 Å². The zero-order chi connectivity index (χ0) is 61.1. The number of aromatic hydroxyl groups is 1. The van der Waals surface area contributed by atoms with Crippen LogP contribution in [-0.4, -0.2) is 127 Å². The number of nitrogens with zero attached hydrogens (tertiary/aromatic N) is 6. The fourth-order valence-corrected chi connectivity index (χ4v) is 12.0. The Balaban J connectivity index is 0.666. The third-order valence-electron chi connectivity index (χ3n) is 16.7. The van der Waals surface area contributed by atoms with Gasteiger partial charge in [-0.2, -0.15) is 0 Å². The van der Waals surface area contributed by atoms with Crippen LogP contribution in [0.4, 0.5) is 10.5 Å². The average Bonchev–Trinajstić information content (AvgIpc) is 1.58. The number of pyridine rings is 2. The van der Waals surface area contributed by atoms with Gasteiger partial charge in [0.25, 0.3) is 5.56 Å². The van der Waals surface area contributed by atoms with Crippen LogP contribution in [0, 0.1) is 17.8 Å². The SMILES string of the molecule is CCCCCC(NC(=O)COCC(=O)NCCOCCn1cc(CNC(=O)C2CCC(CN3C(=O)CC(C)C3=O)CC2)nn1)C(=O)Nc1ccc(COC(=O)OC2(CC)C(=O)CCc3c2cc2n(c3=O)Cc3c-2nc2ccc(O)cc2c3CC)cc1. The van der Waals surface area contributed by atoms with Gasteiger partial charge in [0, 0.05) is 65.5 Å². The monoisotopic (exact) mass is 1180 g/mol. The second kappa shape index (κ2) is 28.2. The van der Waals surface area contributed by atoms with Gasteiger partial charge in [0.2, 0.25) is 35.4 Å². The molecule has 3 unspecified atom stereocenters. The number of nitrogens with one attached hydrogen (secondary N) is 4. The number of unbranched alkanes of at least 4 members (excludes halogenated alkanes) is 2. The molecule has 3 atom stereocenters. The number of rotatable bonds is 27. The average molecular weight is 1190 g/mol. The number of fused-ring (bicyclic) bond motifs is 5. The van der Waals surface area contributed by atoms with Crippen molar-refractivity contribution < 1.29 is 62.4 Å². The number of imide groups is 1. The summed E-state index contributed by atoms with van der Waals surface area (Å²) in [6.45, 7) is 8.40. The number of ketones is 1. The second-order valence-corrected chi connectivity index (χ2v) is 22.6. The van der Waals surface area contributed by atoms with Crippen molar-refractivity contribution in [2.24, 2.45) is 17.8 Å². The molecule has 2 fully saturated rings. The number of anilines is 1. The van der Waals surface area contributed by atoms with Crippen LogP contribution in [0.5, 0.6) is 5.75 Å². The highest BCUT2D eigenvalue weighted by atomic mass is 16.7. The van der Waals surface area contributed by atoms with Crippen molar-refractivity contribution in [3.63, 3.8) is 0 Å². The summed E-state index contributed by atoms with van der Waals surface area (Å²) in [5.74, 6) is -2.21. The number of aryl methyl sites for hydroxylation is 1. The van der Waals surface area contributed by atoms with E-state index in [0.29, 0.717) is 90.2 Å². The number of hydrogen-bond acceptors (Lipinski definition) is 17. The molecule has 9 rings (SSSR count). The highest BCUT2D eigenvalue weighted by Crippen LogP contribution is 2.43. The molecule has 458 valence electrons. The molecule has 2 aromatic carbocycles. The van der Waals surface area contributed by atoms with Crippen molar-refractivity contribution in [1.82, 2.24) is 45.4 Å². The van der Waals surface area contributed by atoms with Gasteiger partial charge in [0.1, 0.15) is 37.3 Å². The summed E-state index contributed by atoms with van der Waals surface area (Å²) < 4.78 is 25.7. The molecule has 24 nitrogen and oxygen atoms in total. The smallest absolute Gasteiger partial charge is 0.508 e. The summed E-state index contributed by atoms with van der Waals surface area (Å²) in [6, 6.07) is 12.3. The van der Waals surface area contributed by atoms with E-state index < -0.39 is 48.7 Å². The third-order valence-corrected chi connectivity index (χ3v) is 16.7. The van der Waals surface area contributed by atoms with Gasteiger partial charge >= 0.3 is 6.16 Å². The molecule has 0 spiro atoms. The minimum atomic E-state index is -1.78. The first-order valence-corrected chi connectivity index (χ1v) is 29.9. The highest BCUT2D eigenvalue weighted by molar-refractivity contribution is 6.03. The number of hydrogen-bond donors (Lipinski definition) is 5. The molecule has 86 heavy (non-hydrogen) atoms. The first kappa shape index (κ1) is 62.2. The molecule has 5 N–H and O–H groups in total. The van der Waals surface area contributed by atoms with Crippen LogP contribution in [0.1, 0.15) is 132 Å². The van der Waals surface area contributed by atoms with Crippen LogP contribution in [0.2, 0.25) is 0 Å². The van der Waals surface area contributed by atoms with Gasteiger partial charge < -0.3 is 49.9 Å². The van der Waals surface area contributed by atoms with Crippen molar-refractivity contribution in [3.8, 4) is 17.1 Å². The van der Waals surface area contributed by atoms with E-state index in [2.05, 4.69) is 31.6 Å². The number of carbonyl (C=O) groups is 8. The maximum Gasteiger partial charge on any atom is 0.509 e. The van der Waals surface area contributed by atoms with E-state index in [1.54, 1.807) is 77.8 Å². The number of amides is 6. The third kappa shape index (κ3) is 14.5. The molecule has 6 amide bonds. The van der Waals surface area contributed by atoms with E-state index in [9.17, 15) is 48.3 Å². The summed E-state index contributed by atoms with van der Waals surface area (Å²) in [6.07, 6.45) is 7.42. The molecule has 1 saturated heterocycles. The van der Waals surface area contributed by atoms with E-state index in [1.807, 2.05) is 13.8 Å². The Morgan fingerprint density at radius 3 is 2.38 bits per heavy atom. The first-order chi connectivity index (χ1) is 41.5. The Morgan fingerprint density at radius 1 is 0.872 bits per heavy atom. The summed E-state index contributed by atoms with van der Waals surface area (Å²) >= 11 is 0. The van der Waals surface area contributed by atoms with Crippen LogP contribution >= 0.6 is 0 Å². The van der Waals surface area contributed by atoms with Gasteiger partial charge in [-0.1, -0.05) is 64.3 Å². The molecule has 3 aromatic heterocycles. The molecule has 4 aliphatic rings. The quantitative estimate of drug-likeness (QED) is 0.0244. The molecule has 5 heterocycles. The molecule has 1 saturated carbocycles. The number of likely N-dealkylation sites (tertiary alicyclic amines) is 1. The maximum absolute atomic E-state index is 14.2. The number of benzene rings is 2. The number of ether oxygens (including phenoxy) is 4. The summed E-state index contributed by atoms with van der Waals surface area (Å²) in [4.78, 5) is 124. The normalized spacial score (nSPS) is 19.1. The van der Waals surface area contributed by atoms with E-state index in [-0.39, 0.29) is 118 Å². The first-order valence-electron chi connectivity index (χ1n) is 29.9. The molecule has 0 bridgehead atoms. The van der Waals surface area contributed by atoms with Crippen molar-refractivity contribution in [2.75, 3.05) is 44.8 Å². The lowest BCUT2D eigenvalue weighted by atomic mass is 9.76. The Labute approximate surface area is 497 Å². The lowest BCUT2D eigenvalue weighted by Crippen LogP contribution is -2.46. The Morgan fingerprint density at radius 2 is 1.65 bits per heavy atom. The van der Waals surface area contributed by atoms with Crippen LogP contribution in [0.25, 0.3) is 22.3 Å². The van der Waals surface area contributed by atoms with Crippen molar-refractivity contribution in [1.29, 1.82) is 0 Å². The zero-order valence-corrected chi connectivity index (χ0v) is 49.2. The van der Waals surface area contributed by atoms with Gasteiger partial charge in [0.05, 0.1) is 55.9 Å². The molecule has 2 aliphatic heterocycles. The Hall–Kier alpha value is -8.38. The molecule has 0 radical (unpaired) electrons. The van der Waals surface area contributed by atoms with Gasteiger partial charge in [-0.05, 0) is 105 Å². The molecule has 5 aromatic rings. The van der Waals surface area contributed by atoms with Gasteiger partial charge in [-0.25, -0.2) is 14.5 Å². The van der Waals surface area contributed by atoms with Crippen LogP contribution in [-0.2, 0) is 97.2 Å². The second-order valence-electron chi connectivity index (χ2n) is 22.6. The fourth-order valence-electron chi connectivity index (χ4n) is 12.0. The highest BCUT2D eigenvalue weighted by Gasteiger charge is 2.49. The molecular formula is C62H76N10O14. The van der Waals surface area contributed by atoms with Gasteiger partial charge in [0.15, 0.2) is 11.4 Å². The van der Waals surface area contributed by atoms with Crippen molar-refractivity contribution >= 4 is 64.0 Å². The summed E-state index contributed by atoms with van der Waals surface area (Å²) in [7, 11) is 0. The minimum absolute atomic E-state index is 0.00831. The molecular weight excluding hydrogens is 1110 g/mol. The molecule has 2 aliphatic carbocycles. The van der Waals surface area contributed by atoms with Crippen LogP contribution < -0.4 is 26.8 Å². The number of aromatic nitrogens is 5. The minimum Gasteiger partial charge on any atom is -0.508 e. The summed E-state index contributed by atoms with van der Waals surface area (Å²) in [5.41, 5.74) is 3.78. The lowest BCUT2D eigenvalue weighted by molar-refractivity contribution is -0.144. The van der Waals surface area contributed by atoms with Gasteiger partial charge in [-0.3, -0.25) is 43.3 Å². The number of phenolic OH excluding ortho intramolecular Hbond substituents is 1. The number of carbonyl (C=O) groups excluding carboxylic acids is 8. The van der Waals surface area contributed by atoms with E-state index in [0.717, 1.165) is 42.2 Å². The number of Topliss-reactive ketones (excluding diaryl/α,β-unsaturated/α-hetero) is 1. The predicted octanol–water partition coefficient (Wildman–Crippen LogP) is 5.43. The van der Waals surface area contributed by atoms with E-state index in [1.165, 1.54) is 4.90 Å². The van der Waals surface area contributed by atoms with Gasteiger partial charge in [-0.15, -0.1) is 5.10 Å². The molecule has 24 heteroatoms. The van der Waals surface area contributed by atoms with E-state index in [4.69, 9.17) is 23.9 Å². The van der Waals surface area contributed by atoms with Crippen molar-refractivity contribution in [2.45, 2.75) is 149 Å². The standard InChI is InChI=1S/C62H76N10O14/c1-5-8-9-10-50(66-54(76)36-84-35-53(75)63-23-25-83-26-24-70-32-42(68-69-70)30-64-57(78)40-15-11-38(12-16-40)31-72-55(77)27-37(4)59(72)80)58(79)65-41-17-13-39(14-18-41)34-85-61(82)86-62(7-3)48-29-51-56-47(33-71(51)60(81)45(48)20-22-52(62)74)44(6-2)46-28-43(73)19-21-49(46)67-56/h13-14,17-19,21,28-29,32,37-38,40,50,73H,5-12,15-16,20,22-27,30-31,33-36H2,1-4H3,(H,63,75)(H,64,78)(H,65,79)(H,66,76). The van der Waals surface area contributed by atoms with E-state index >= 15 is 0 Å². The largest absolute Gasteiger partial charge is 0.509 e. The topological polar surface area (TPSA) is 311 Å². The van der Waals surface area contributed by atoms with Crippen LogP contribution in [0.15, 0.2) is 59.5 Å². The fraction of sp³-hybridized carbons (Fsp3) is 0.516. The maximum atomic E-state index is 14.2. The predicted molar refractivity (Wildman–Crippen MR) is 312 cm³/mol. The number of phenols is 1. The Kier molecular flexibility index (Phi) is 20.4. The lowest BCUT2D eigenvalue weighted by Gasteiger charge is -2.36. The zero-order valence-electron chi connectivity index (χ0n) is 49.2. The Bertz CT molecular complexity index is 3430. The summed E-state index contributed by atoms with van der Waals surface area (Å²) in [5, 5.41) is 30.4. The van der Waals surface area contributed by atoms with Crippen molar-refractivity contribution in [3.05, 3.63) is 98.6 Å².